The number of allylic oxidation sites excluding steroid dienone is 2. The molecule has 124 valence electrons. The molecule has 23 heavy (non-hydrogen) atoms. The molecule has 7 heteroatoms. The molecule has 1 aliphatic rings. The van der Waals surface area contributed by atoms with Crippen molar-refractivity contribution in [2.24, 2.45) is 0 Å². The first kappa shape index (κ1) is 17.2. The van der Waals surface area contributed by atoms with Crippen LogP contribution in [0.4, 0.5) is 11.4 Å². The molecule has 1 aromatic rings. The zero-order valence-electron chi connectivity index (χ0n) is 13.0. The number of sulfonamides is 1. The van der Waals surface area contributed by atoms with Gasteiger partial charge in [-0.25, -0.2) is 8.42 Å². The Balaban J connectivity index is 2.60. The summed E-state index contributed by atoms with van der Waals surface area (Å²) in [4.78, 5) is 10.7. The van der Waals surface area contributed by atoms with E-state index in [2.05, 4.69) is 6.58 Å². The first-order valence-corrected chi connectivity index (χ1v) is 9.23. The first-order chi connectivity index (χ1) is 10.9. The standard InChI is InChI=1S/C16H20N2O4S/c1-3-8-13-9-4-5-10-14(13)17(23(2,21)22)15-11-6-7-12-16(15)18(19)20/h3,6-7,9,11-12,14H,1,4-5,8,10H2,2H3. The second-order valence-corrected chi connectivity index (χ2v) is 7.38. The van der Waals surface area contributed by atoms with Crippen LogP contribution in [0.1, 0.15) is 25.7 Å². The monoisotopic (exact) mass is 336 g/mol. The number of nitrogens with zero attached hydrogens (tertiary/aromatic N) is 2. The average molecular weight is 336 g/mol. The van der Waals surface area contributed by atoms with Gasteiger partial charge in [-0.2, -0.15) is 0 Å². The van der Waals surface area contributed by atoms with Crippen LogP contribution in [0.2, 0.25) is 0 Å². The Bertz CT molecular complexity index is 740. The maximum Gasteiger partial charge on any atom is 0.293 e. The van der Waals surface area contributed by atoms with Gasteiger partial charge in [-0.05, 0) is 37.3 Å². The van der Waals surface area contributed by atoms with Crippen molar-refractivity contribution < 1.29 is 13.3 Å². The molecule has 2 rings (SSSR count). The summed E-state index contributed by atoms with van der Waals surface area (Å²) >= 11 is 0. The fraction of sp³-hybridized carbons (Fsp3) is 0.375. The Morgan fingerprint density at radius 3 is 2.74 bits per heavy atom. The maximum atomic E-state index is 12.4. The van der Waals surface area contributed by atoms with Gasteiger partial charge in [0.15, 0.2) is 0 Å². The number of hydrogen-bond acceptors (Lipinski definition) is 4. The topological polar surface area (TPSA) is 80.5 Å². The van der Waals surface area contributed by atoms with E-state index < -0.39 is 21.0 Å². The highest BCUT2D eigenvalue weighted by Gasteiger charge is 2.34. The van der Waals surface area contributed by atoms with Gasteiger partial charge in [0.25, 0.3) is 5.69 Å². The third-order valence-corrected chi connectivity index (χ3v) is 5.02. The van der Waals surface area contributed by atoms with E-state index in [1.54, 1.807) is 12.1 Å². The van der Waals surface area contributed by atoms with Crippen LogP contribution in [-0.2, 0) is 10.0 Å². The molecule has 0 fully saturated rings. The average Bonchev–Trinajstić information content (AvgIpc) is 2.48. The molecule has 1 atom stereocenters. The van der Waals surface area contributed by atoms with Crippen LogP contribution in [0.5, 0.6) is 0 Å². The number of anilines is 1. The molecule has 1 unspecified atom stereocenters. The number of nitro groups is 1. The second kappa shape index (κ2) is 6.95. The predicted octanol–water partition coefficient (Wildman–Crippen LogP) is 3.42. The van der Waals surface area contributed by atoms with Gasteiger partial charge >= 0.3 is 0 Å². The summed E-state index contributed by atoms with van der Waals surface area (Å²) in [6.45, 7) is 3.71. The van der Waals surface area contributed by atoms with E-state index in [1.165, 1.54) is 22.5 Å². The highest BCUT2D eigenvalue weighted by atomic mass is 32.2. The molecule has 0 amide bonds. The predicted molar refractivity (Wildman–Crippen MR) is 91.0 cm³/mol. The number of para-hydroxylation sites is 2. The quantitative estimate of drug-likeness (QED) is 0.453. The molecule has 0 aliphatic heterocycles. The molecule has 0 saturated heterocycles. The van der Waals surface area contributed by atoms with Gasteiger partial charge in [-0.3, -0.25) is 14.4 Å². The highest BCUT2D eigenvalue weighted by molar-refractivity contribution is 7.92. The van der Waals surface area contributed by atoms with E-state index in [9.17, 15) is 18.5 Å². The normalized spacial score (nSPS) is 18.1. The van der Waals surface area contributed by atoms with E-state index >= 15 is 0 Å². The summed E-state index contributed by atoms with van der Waals surface area (Å²) in [5, 5.41) is 11.3. The van der Waals surface area contributed by atoms with Gasteiger partial charge in [0, 0.05) is 6.07 Å². The molecule has 0 bridgehead atoms. The van der Waals surface area contributed by atoms with Crippen LogP contribution in [0.25, 0.3) is 0 Å². The van der Waals surface area contributed by atoms with Gasteiger partial charge in [-0.1, -0.05) is 24.3 Å². The lowest BCUT2D eigenvalue weighted by Crippen LogP contribution is -2.42. The van der Waals surface area contributed by atoms with Crippen molar-refractivity contribution >= 4 is 21.4 Å². The smallest absolute Gasteiger partial charge is 0.258 e. The molecule has 0 aromatic heterocycles. The van der Waals surface area contributed by atoms with Crippen LogP contribution < -0.4 is 4.31 Å². The van der Waals surface area contributed by atoms with Crippen LogP contribution in [0, 0.1) is 10.1 Å². The van der Waals surface area contributed by atoms with Crippen LogP contribution in [0.3, 0.4) is 0 Å². The van der Waals surface area contributed by atoms with Crippen molar-refractivity contribution in [1.82, 2.24) is 0 Å². The number of benzene rings is 1. The van der Waals surface area contributed by atoms with Gasteiger partial charge in [0.05, 0.1) is 17.2 Å². The van der Waals surface area contributed by atoms with E-state index in [4.69, 9.17) is 0 Å². The summed E-state index contributed by atoms with van der Waals surface area (Å²) in [6.07, 6.45) is 7.76. The van der Waals surface area contributed by atoms with Gasteiger partial charge in [-0.15, -0.1) is 6.58 Å². The zero-order chi connectivity index (χ0) is 17.0. The first-order valence-electron chi connectivity index (χ1n) is 7.39. The fourth-order valence-corrected chi connectivity index (χ4v) is 4.17. The van der Waals surface area contributed by atoms with E-state index in [1.807, 2.05) is 6.08 Å². The molecule has 0 saturated carbocycles. The summed E-state index contributed by atoms with van der Waals surface area (Å²) < 4.78 is 26.0. The molecule has 6 nitrogen and oxygen atoms in total. The molecule has 0 N–H and O–H groups in total. The minimum atomic E-state index is -3.67. The van der Waals surface area contributed by atoms with E-state index in [0.717, 1.165) is 24.7 Å². The lowest BCUT2D eigenvalue weighted by atomic mass is 9.91. The Labute approximate surface area is 136 Å². The Morgan fingerprint density at radius 1 is 1.43 bits per heavy atom. The lowest BCUT2D eigenvalue weighted by molar-refractivity contribution is -0.384. The van der Waals surface area contributed by atoms with Crippen LogP contribution in [0.15, 0.2) is 48.6 Å². The van der Waals surface area contributed by atoms with Crippen LogP contribution in [-0.4, -0.2) is 25.6 Å². The van der Waals surface area contributed by atoms with Gasteiger partial charge in [0.2, 0.25) is 10.0 Å². The second-order valence-electron chi connectivity index (χ2n) is 5.52. The summed E-state index contributed by atoms with van der Waals surface area (Å²) in [5.41, 5.74) is 0.845. The van der Waals surface area contributed by atoms with Crippen molar-refractivity contribution in [2.45, 2.75) is 31.7 Å². The largest absolute Gasteiger partial charge is 0.293 e. The third-order valence-electron chi connectivity index (χ3n) is 3.85. The molecule has 1 aliphatic carbocycles. The summed E-state index contributed by atoms with van der Waals surface area (Å²) in [5.74, 6) is 0. The van der Waals surface area contributed by atoms with Crippen molar-refractivity contribution in [3.8, 4) is 0 Å². The number of nitro benzene ring substituents is 1. The minimum Gasteiger partial charge on any atom is -0.258 e. The Kier molecular flexibility index (Phi) is 5.20. The van der Waals surface area contributed by atoms with E-state index in [0.29, 0.717) is 12.8 Å². The highest BCUT2D eigenvalue weighted by Crippen LogP contribution is 2.36. The summed E-state index contributed by atoms with van der Waals surface area (Å²) in [7, 11) is -3.67. The molecule has 0 radical (unpaired) electrons. The molecule has 0 heterocycles. The number of rotatable bonds is 6. The minimum absolute atomic E-state index is 0.113. The Morgan fingerprint density at radius 2 is 2.13 bits per heavy atom. The van der Waals surface area contributed by atoms with Gasteiger partial charge in [0.1, 0.15) is 5.69 Å². The zero-order valence-corrected chi connectivity index (χ0v) is 13.8. The maximum absolute atomic E-state index is 12.4. The summed E-state index contributed by atoms with van der Waals surface area (Å²) in [6, 6.07) is 5.55. The third kappa shape index (κ3) is 3.79. The van der Waals surface area contributed by atoms with Crippen molar-refractivity contribution in [1.29, 1.82) is 0 Å². The lowest BCUT2D eigenvalue weighted by Gasteiger charge is -2.35. The molecular weight excluding hydrogens is 316 g/mol. The number of hydrogen-bond donors (Lipinski definition) is 0. The molecular formula is C16H20N2O4S. The fourth-order valence-electron chi connectivity index (χ4n) is 2.96. The van der Waals surface area contributed by atoms with Crippen molar-refractivity contribution in [2.75, 3.05) is 10.6 Å². The van der Waals surface area contributed by atoms with Crippen molar-refractivity contribution in [3.63, 3.8) is 0 Å². The van der Waals surface area contributed by atoms with Crippen molar-refractivity contribution in [3.05, 3.63) is 58.7 Å². The van der Waals surface area contributed by atoms with Gasteiger partial charge < -0.3 is 0 Å². The Hall–Kier alpha value is -2.15. The molecule has 1 aromatic carbocycles. The van der Waals surface area contributed by atoms with E-state index in [-0.39, 0.29) is 11.4 Å². The molecule has 0 spiro atoms. The SMILES string of the molecule is C=CCC1=CCCCC1N(c1ccccc1[N+](=O)[O-])S(C)(=O)=O. The van der Waals surface area contributed by atoms with Crippen LogP contribution >= 0.6 is 0 Å².